The van der Waals surface area contributed by atoms with Gasteiger partial charge in [0.1, 0.15) is 6.61 Å². The maximum atomic E-state index is 12.4. The lowest BCUT2D eigenvalue weighted by molar-refractivity contribution is -0.144. The van der Waals surface area contributed by atoms with Gasteiger partial charge in [-0.2, -0.15) is 0 Å². The molecule has 0 amide bonds. The summed E-state index contributed by atoms with van der Waals surface area (Å²) in [5.74, 6) is -0.254. The minimum absolute atomic E-state index is 0.201. The van der Waals surface area contributed by atoms with Crippen LogP contribution in [-0.4, -0.2) is 5.97 Å². The third-order valence-corrected chi connectivity index (χ3v) is 4.57. The fourth-order valence-electron chi connectivity index (χ4n) is 2.94. The lowest BCUT2D eigenvalue weighted by Crippen LogP contribution is -2.11. The number of aryl methyl sites for hydroxylation is 1. The van der Waals surface area contributed by atoms with Gasteiger partial charge in [0.2, 0.25) is 0 Å². The summed E-state index contributed by atoms with van der Waals surface area (Å²) in [5, 5.41) is 0. The highest BCUT2D eigenvalue weighted by molar-refractivity contribution is 5.81. The molecule has 0 saturated heterocycles. The maximum absolute atomic E-state index is 12.4. The molecule has 0 fully saturated rings. The lowest BCUT2D eigenvalue weighted by Gasteiger charge is -2.15. The zero-order valence-electron chi connectivity index (χ0n) is 15.2. The fraction of sp³-hybridized carbons (Fsp3) is 0.174. The molecule has 0 atom stereocenters. The summed E-state index contributed by atoms with van der Waals surface area (Å²) in [6.07, 6.45) is 0.201. The van der Waals surface area contributed by atoms with E-state index in [1.165, 1.54) is 5.56 Å². The Labute approximate surface area is 154 Å². The van der Waals surface area contributed by atoms with Crippen molar-refractivity contribution in [3.63, 3.8) is 0 Å². The number of anilines is 1. The molecule has 0 heterocycles. The number of hydrogen-bond donors (Lipinski definition) is 1. The van der Waals surface area contributed by atoms with Gasteiger partial charge in [-0.3, -0.25) is 4.79 Å². The molecule has 0 radical (unpaired) electrons. The highest BCUT2D eigenvalue weighted by atomic mass is 16.5. The Kier molecular flexibility index (Phi) is 5.37. The van der Waals surface area contributed by atoms with Crippen molar-refractivity contribution in [1.29, 1.82) is 0 Å². The molecule has 0 saturated carbocycles. The molecule has 0 spiro atoms. The van der Waals surface area contributed by atoms with Gasteiger partial charge in [0.15, 0.2) is 0 Å². The van der Waals surface area contributed by atoms with Crippen LogP contribution in [0.25, 0.3) is 11.1 Å². The molecule has 0 aromatic heterocycles. The fourth-order valence-corrected chi connectivity index (χ4v) is 2.94. The summed E-state index contributed by atoms with van der Waals surface area (Å²) in [5.41, 5.74) is 12.9. The Morgan fingerprint density at radius 1 is 0.923 bits per heavy atom. The average molecular weight is 345 g/mol. The van der Waals surface area contributed by atoms with Gasteiger partial charge in [-0.1, -0.05) is 66.2 Å². The number of nitrogens with two attached hydrogens (primary N) is 1. The zero-order chi connectivity index (χ0) is 18.5. The third-order valence-electron chi connectivity index (χ3n) is 4.57. The Morgan fingerprint density at radius 2 is 1.62 bits per heavy atom. The van der Waals surface area contributed by atoms with Gasteiger partial charge in [-0.15, -0.1) is 0 Å². The quantitative estimate of drug-likeness (QED) is 0.532. The topological polar surface area (TPSA) is 52.3 Å². The normalized spacial score (nSPS) is 10.5. The molecule has 132 valence electrons. The third kappa shape index (κ3) is 4.12. The van der Waals surface area contributed by atoms with Crippen molar-refractivity contribution in [1.82, 2.24) is 0 Å². The number of benzene rings is 3. The minimum Gasteiger partial charge on any atom is -0.461 e. The molecule has 0 unspecified atom stereocenters. The van der Waals surface area contributed by atoms with Crippen molar-refractivity contribution in [2.45, 2.75) is 26.9 Å². The van der Waals surface area contributed by atoms with Gasteiger partial charge in [0.05, 0.1) is 6.42 Å². The molecule has 3 heteroatoms. The molecule has 3 nitrogen and oxygen atoms in total. The van der Waals surface area contributed by atoms with Gasteiger partial charge in [0, 0.05) is 5.69 Å². The molecular formula is C23H23NO2. The molecule has 2 N–H and O–H groups in total. The van der Waals surface area contributed by atoms with Crippen molar-refractivity contribution < 1.29 is 9.53 Å². The van der Waals surface area contributed by atoms with Gasteiger partial charge in [0.25, 0.3) is 0 Å². The van der Waals surface area contributed by atoms with Crippen molar-refractivity contribution >= 4 is 11.7 Å². The summed E-state index contributed by atoms with van der Waals surface area (Å²) < 4.78 is 5.46. The smallest absolute Gasteiger partial charge is 0.310 e. The number of rotatable bonds is 5. The summed E-state index contributed by atoms with van der Waals surface area (Å²) in [4.78, 5) is 12.4. The number of nitrogen functional groups attached to an aromatic ring is 1. The van der Waals surface area contributed by atoms with E-state index in [1.807, 2.05) is 49.4 Å². The molecule has 3 aromatic rings. The van der Waals surface area contributed by atoms with Crippen LogP contribution < -0.4 is 5.73 Å². The number of carbonyl (C=O) groups excluding carboxylic acids is 1. The molecule has 0 bridgehead atoms. The molecule has 3 aromatic carbocycles. The van der Waals surface area contributed by atoms with E-state index in [9.17, 15) is 4.79 Å². The summed E-state index contributed by atoms with van der Waals surface area (Å²) in [6.45, 7) is 4.29. The maximum Gasteiger partial charge on any atom is 0.310 e. The SMILES string of the molecule is Cc1ccc(-c2ccc(N)c(C)c2CC(=O)OCc2ccccc2)cc1. The predicted octanol–water partition coefficient (Wildman–Crippen LogP) is 4.84. The minimum atomic E-state index is -0.254. The zero-order valence-corrected chi connectivity index (χ0v) is 15.2. The van der Waals surface area contributed by atoms with Crippen molar-refractivity contribution in [2.75, 3.05) is 5.73 Å². The van der Waals surface area contributed by atoms with E-state index < -0.39 is 0 Å². The van der Waals surface area contributed by atoms with E-state index in [0.717, 1.165) is 27.8 Å². The van der Waals surface area contributed by atoms with Crippen LogP contribution in [0.4, 0.5) is 5.69 Å². The number of carbonyl (C=O) groups is 1. The van der Waals surface area contributed by atoms with Crippen LogP contribution in [0.15, 0.2) is 66.7 Å². The van der Waals surface area contributed by atoms with Gasteiger partial charge in [-0.25, -0.2) is 0 Å². The van der Waals surface area contributed by atoms with E-state index in [1.54, 1.807) is 0 Å². The Morgan fingerprint density at radius 3 is 2.31 bits per heavy atom. The lowest BCUT2D eigenvalue weighted by atomic mass is 9.92. The van der Waals surface area contributed by atoms with Crippen LogP contribution in [0, 0.1) is 13.8 Å². The molecule has 26 heavy (non-hydrogen) atoms. The number of esters is 1. The highest BCUT2D eigenvalue weighted by Gasteiger charge is 2.15. The van der Waals surface area contributed by atoms with Crippen molar-refractivity contribution in [3.05, 3.63) is 89.0 Å². The molecule has 3 rings (SSSR count). The van der Waals surface area contributed by atoms with Crippen LogP contribution >= 0.6 is 0 Å². The van der Waals surface area contributed by atoms with Crippen LogP contribution in [0.2, 0.25) is 0 Å². The van der Waals surface area contributed by atoms with Gasteiger partial charge >= 0.3 is 5.97 Å². The summed E-state index contributed by atoms with van der Waals surface area (Å²) in [6, 6.07) is 21.8. The Balaban J connectivity index is 1.82. The first-order valence-electron chi connectivity index (χ1n) is 8.69. The van der Waals surface area contributed by atoms with E-state index in [4.69, 9.17) is 10.5 Å². The van der Waals surface area contributed by atoms with E-state index in [-0.39, 0.29) is 19.0 Å². The summed E-state index contributed by atoms with van der Waals surface area (Å²) in [7, 11) is 0. The predicted molar refractivity (Wildman–Crippen MR) is 106 cm³/mol. The first-order chi connectivity index (χ1) is 12.5. The number of hydrogen-bond acceptors (Lipinski definition) is 3. The first kappa shape index (κ1) is 17.7. The first-order valence-corrected chi connectivity index (χ1v) is 8.69. The average Bonchev–Trinajstić information content (AvgIpc) is 2.66. The largest absolute Gasteiger partial charge is 0.461 e. The number of ether oxygens (including phenoxy) is 1. The Hall–Kier alpha value is -3.07. The second-order valence-electron chi connectivity index (χ2n) is 6.49. The molecule has 0 aliphatic heterocycles. The molecule has 0 aliphatic rings. The van der Waals surface area contributed by atoms with Crippen LogP contribution in [-0.2, 0) is 22.6 Å². The molecule has 0 aliphatic carbocycles. The van der Waals surface area contributed by atoms with E-state index in [2.05, 4.69) is 31.2 Å². The van der Waals surface area contributed by atoms with E-state index >= 15 is 0 Å². The van der Waals surface area contributed by atoms with Crippen LogP contribution in [0.3, 0.4) is 0 Å². The summed E-state index contributed by atoms with van der Waals surface area (Å²) >= 11 is 0. The van der Waals surface area contributed by atoms with Crippen molar-refractivity contribution in [2.24, 2.45) is 0 Å². The molecular weight excluding hydrogens is 322 g/mol. The Bertz CT molecular complexity index is 899. The second-order valence-corrected chi connectivity index (χ2v) is 6.49. The van der Waals surface area contributed by atoms with Crippen LogP contribution in [0.5, 0.6) is 0 Å². The van der Waals surface area contributed by atoms with Crippen molar-refractivity contribution in [3.8, 4) is 11.1 Å². The van der Waals surface area contributed by atoms with Crippen LogP contribution in [0.1, 0.15) is 22.3 Å². The monoisotopic (exact) mass is 345 g/mol. The second kappa shape index (κ2) is 7.87. The standard InChI is InChI=1S/C23H23NO2/c1-16-8-10-19(11-9-16)20-12-13-22(24)17(2)21(20)14-23(25)26-15-18-6-4-3-5-7-18/h3-13H,14-15,24H2,1-2H3. The van der Waals surface area contributed by atoms with Gasteiger partial charge in [-0.05, 0) is 47.7 Å². The highest BCUT2D eigenvalue weighted by Crippen LogP contribution is 2.30. The van der Waals surface area contributed by atoms with E-state index in [0.29, 0.717) is 5.69 Å². The van der Waals surface area contributed by atoms with Gasteiger partial charge < -0.3 is 10.5 Å².